The zero-order chi connectivity index (χ0) is 90.4. The minimum absolute atomic E-state index is 0.0524. The van der Waals surface area contributed by atoms with Crippen LogP contribution in [0.1, 0.15) is 81.6 Å². The molecule has 11 aliphatic rings. The molecule has 0 aromatic carbocycles. The van der Waals surface area contributed by atoms with Crippen molar-refractivity contribution in [2.75, 3.05) is 33.5 Å². The molecule has 118 heavy (non-hydrogen) atoms. The Bertz CT molecular complexity index is 3960. The fourth-order valence-electron chi connectivity index (χ4n) is 8.29. The lowest BCUT2D eigenvalue weighted by molar-refractivity contribution is -0.177. The van der Waals surface area contributed by atoms with E-state index < -0.39 is 128 Å². The lowest BCUT2D eigenvalue weighted by atomic mass is 9.76. The molecule has 660 valence electrons. The summed E-state index contributed by atoms with van der Waals surface area (Å²) in [5, 5.41) is -0.304. The van der Waals surface area contributed by atoms with Crippen molar-refractivity contribution in [2.24, 2.45) is 17.8 Å². The zero-order valence-electron chi connectivity index (χ0n) is 61.9. The zero-order valence-corrected chi connectivity index (χ0v) is 77.7. The van der Waals surface area contributed by atoms with Crippen molar-refractivity contribution in [3.8, 4) is 0 Å². The van der Waals surface area contributed by atoms with Crippen LogP contribution < -0.4 is 0 Å². The third kappa shape index (κ3) is 33.9. The number of alkyl halides is 1. The summed E-state index contributed by atoms with van der Waals surface area (Å²) in [6.45, 7) is 24.9. The van der Waals surface area contributed by atoms with E-state index in [1.165, 1.54) is 26.5 Å². The summed E-state index contributed by atoms with van der Waals surface area (Å²) in [5.41, 5.74) is -0.897. The molecular weight excluding hydrogens is 2030 g/mol. The lowest BCUT2D eigenvalue weighted by Gasteiger charge is -2.37. The number of hydrogen-bond acceptors (Lipinski definition) is 30. The Morgan fingerprint density at radius 2 is 0.678 bits per heavy atom. The third-order valence-electron chi connectivity index (χ3n) is 13.9. The number of hydrogen-bond donors (Lipinski definition) is 0. The van der Waals surface area contributed by atoms with E-state index in [1.807, 2.05) is 13.8 Å². The normalized spacial score (nSPS) is 26.0. The molecular formula is C67H65Cl21O30. The molecule has 0 N–H and O–H groups in total. The first-order valence-electron chi connectivity index (χ1n) is 32.7. The second kappa shape index (κ2) is 54.5. The molecule has 0 bridgehead atoms. The van der Waals surface area contributed by atoms with Gasteiger partial charge in [-0.25, -0.2) is 47.9 Å². The maximum atomic E-state index is 11.3. The average Bonchev–Trinajstić information content (AvgIpc) is 1.73. The molecule has 13 unspecified atom stereocenters. The minimum Gasteiger partial charge on any atom is -0.458 e. The molecule has 0 spiro atoms. The Kier molecular flexibility index (Phi) is 51.2. The summed E-state index contributed by atoms with van der Waals surface area (Å²) in [7, 11) is 1.37. The first-order chi connectivity index (χ1) is 55.0. The molecule has 10 aliphatic heterocycles. The van der Waals surface area contributed by atoms with Gasteiger partial charge in [0.2, 0.25) is 49.6 Å². The monoisotopic (exact) mass is 2080 g/mol. The summed E-state index contributed by atoms with van der Waals surface area (Å²) < 4.78 is 90.9. The molecule has 1 fully saturated rings. The number of methoxy groups -OCH3 is 1. The molecule has 1 saturated carbocycles. The standard InChI is InChI=1S/C14H20Cl2O3.C7H8Cl2O3.C7H6Cl2O3.C6H4Cl2O4.3C6H6Cl2O3.C6H4Cl2O3.C5H4Cl2O3.C4HCl3O2/c1-7(2)9-5-4-8(3)10(6-9)18-14-12(16)11(15)13(17)19-14;1-3(2)11-7-5(9)4(8)6(10)12-7;1-2-3-11-7-5(9)4(8)6(10)12-7;1-2(9)11-6-4(8)3(7)5(10)12-6;4*1-2-10-6-4(8)3(7)5(9)11-6;1-9-5-3(7)2(6)4(8)10-5;5-1-2(6)4(8)9-3(1)7/h7-10,14H,4-6H2,1-3H3;3,7H,1-2H3;2,7H,1,3H2;6H,1H3;3*6H,2H2,1H3;2,6H,1H2;5H,1H3;3H. The number of esters is 11. The van der Waals surface area contributed by atoms with E-state index in [2.05, 4.69) is 81.3 Å². The van der Waals surface area contributed by atoms with Crippen molar-refractivity contribution in [1.82, 2.24) is 0 Å². The average molecular weight is 2090 g/mol. The highest BCUT2D eigenvalue weighted by Gasteiger charge is 2.42. The van der Waals surface area contributed by atoms with Gasteiger partial charge in [0.15, 0.2) is 0 Å². The molecule has 0 radical (unpaired) electrons. The fourth-order valence-corrected chi connectivity index (χ4v) is 11.6. The molecule has 13 atom stereocenters. The van der Waals surface area contributed by atoms with Crippen LogP contribution in [0.5, 0.6) is 0 Å². The van der Waals surface area contributed by atoms with Gasteiger partial charge in [0, 0.05) is 33.9 Å². The topological polar surface area (TPSA) is 363 Å². The summed E-state index contributed by atoms with van der Waals surface area (Å²) in [5.74, 6) is -5.41. The highest BCUT2D eigenvalue weighted by molar-refractivity contribution is 6.54. The van der Waals surface area contributed by atoms with Crippen LogP contribution >= 0.6 is 244 Å². The van der Waals surface area contributed by atoms with Crippen molar-refractivity contribution in [3.63, 3.8) is 0 Å². The Balaban J connectivity index is 0.000000447. The summed E-state index contributed by atoms with van der Waals surface area (Å²) in [4.78, 5) is 118. The van der Waals surface area contributed by atoms with Crippen LogP contribution in [0.15, 0.2) is 126 Å². The Morgan fingerprint density at radius 1 is 0.398 bits per heavy atom. The van der Waals surface area contributed by atoms with Crippen molar-refractivity contribution in [1.29, 1.82) is 0 Å². The van der Waals surface area contributed by atoms with E-state index in [4.69, 9.17) is 286 Å². The molecule has 30 nitrogen and oxygen atoms in total. The van der Waals surface area contributed by atoms with Gasteiger partial charge in [-0.05, 0) is 71.6 Å². The van der Waals surface area contributed by atoms with Crippen LogP contribution in [0.25, 0.3) is 0 Å². The van der Waals surface area contributed by atoms with Gasteiger partial charge in [-0.15, -0.1) is 6.58 Å². The Morgan fingerprint density at radius 3 is 0.907 bits per heavy atom. The highest BCUT2D eigenvalue weighted by atomic mass is 35.5. The first-order valence-corrected chi connectivity index (χ1v) is 40.7. The number of cyclic esters (lactones) is 10. The van der Waals surface area contributed by atoms with E-state index in [0.29, 0.717) is 37.6 Å². The largest absolute Gasteiger partial charge is 0.458 e. The predicted octanol–water partition coefficient (Wildman–Crippen LogP) is 18.4. The van der Waals surface area contributed by atoms with Crippen LogP contribution in [-0.2, 0) is 143 Å². The number of ether oxygens (including phenoxy) is 19. The van der Waals surface area contributed by atoms with Gasteiger partial charge in [0.1, 0.15) is 95.6 Å². The van der Waals surface area contributed by atoms with E-state index in [1.54, 1.807) is 20.8 Å². The van der Waals surface area contributed by atoms with Crippen LogP contribution in [0.4, 0.5) is 0 Å². The number of carbonyl (C=O) groups is 11. The Hall–Kier alpha value is -3.34. The first kappa shape index (κ1) is 111. The van der Waals surface area contributed by atoms with Crippen molar-refractivity contribution >= 4 is 309 Å². The van der Waals surface area contributed by atoms with Crippen molar-refractivity contribution in [2.45, 2.75) is 156 Å². The van der Waals surface area contributed by atoms with Crippen molar-refractivity contribution < 1.29 is 143 Å². The van der Waals surface area contributed by atoms with E-state index in [0.717, 1.165) is 19.1 Å². The van der Waals surface area contributed by atoms with Crippen LogP contribution in [0.2, 0.25) is 0 Å². The van der Waals surface area contributed by atoms with Gasteiger partial charge in [-0.1, -0.05) is 277 Å². The molecule has 0 saturated heterocycles. The fraction of sp³-hybridized carbons (Fsp3) is 0.478. The van der Waals surface area contributed by atoms with Gasteiger partial charge < -0.3 is 90.0 Å². The maximum absolute atomic E-state index is 11.3. The molecule has 1 aliphatic carbocycles. The summed E-state index contributed by atoms with van der Waals surface area (Å²) in [6.07, 6.45) is -1.87. The van der Waals surface area contributed by atoms with Gasteiger partial charge >= 0.3 is 65.7 Å². The summed E-state index contributed by atoms with van der Waals surface area (Å²) in [6, 6.07) is 0. The third-order valence-corrected chi connectivity index (χ3v) is 22.6. The van der Waals surface area contributed by atoms with Crippen LogP contribution in [0.3, 0.4) is 0 Å². The highest BCUT2D eigenvalue weighted by Crippen LogP contribution is 2.41. The SMILES string of the molecule is C=CCOC1OC(=O)C(Cl)=C1Cl.C=COC1OC(=O)C(Cl)=C1Cl.CC(=O)OC1OC(=O)C(Cl)=C1Cl.CC(C)C1CCC(C)C(OC2OC(=O)C(Cl)=C2Cl)C1.CC(C)OC1OC(=O)C(Cl)=C1Cl.CCOC1OC(=O)C(Cl)=C1Cl.CCOC1OC(=O)C(Cl)=C1Cl.CCOC1OC(=O)C(Cl)=C1Cl.COC1OC(=O)C(Cl)=C1Cl.O=C1OC(Cl)C(Cl)=C1Cl. The lowest BCUT2D eigenvalue weighted by Crippen LogP contribution is -2.35. The minimum atomic E-state index is -1.18. The van der Waals surface area contributed by atoms with E-state index in [9.17, 15) is 52.7 Å². The molecule has 10 heterocycles. The smallest absolute Gasteiger partial charge is 0.354 e. The quantitative estimate of drug-likeness (QED) is 0.0404. The molecule has 51 heteroatoms. The van der Waals surface area contributed by atoms with Gasteiger partial charge in [-0.2, -0.15) is 0 Å². The van der Waals surface area contributed by atoms with Crippen LogP contribution in [0, 0.1) is 17.8 Å². The number of rotatable bonds is 18. The Labute approximate surface area is 778 Å². The van der Waals surface area contributed by atoms with E-state index in [-0.39, 0.29) is 119 Å². The van der Waals surface area contributed by atoms with Crippen molar-refractivity contribution in [3.05, 3.63) is 126 Å². The van der Waals surface area contributed by atoms with Gasteiger partial charge in [0.05, 0.1) is 30.1 Å². The van der Waals surface area contributed by atoms with E-state index >= 15 is 0 Å². The molecule has 0 amide bonds. The van der Waals surface area contributed by atoms with Gasteiger partial charge in [-0.3, -0.25) is 4.79 Å². The summed E-state index contributed by atoms with van der Waals surface area (Å²) >= 11 is 116. The number of halogens is 21. The number of carbonyl (C=O) groups excluding carboxylic acids is 11. The predicted molar refractivity (Wildman–Crippen MR) is 435 cm³/mol. The van der Waals surface area contributed by atoms with Gasteiger partial charge in [0.25, 0.3) is 12.6 Å². The molecule has 0 aromatic heterocycles. The van der Waals surface area contributed by atoms with Crippen LogP contribution in [-0.4, -0.2) is 174 Å². The molecule has 0 aromatic rings. The molecule has 11 rings (SSSR count). The maximum Gasteiger partial charge on any atom is 0.354 e. The second-order valence-corrected chi connectivity index (χ2v) is 31.0. The second-order valence-electron chi connectivity index (χ2n) is 22.8.